The Bertz CT molecular complexity index is 1050. The van der Waals surface area contributed by atoms with Crippen LogP contribution in [0.15, 0.2) is 65.8 Å². The SMILES string of the molecule is N#Cc1c(N=[N+]=[N-])c(-c2ccccc2)n(COC(CO)CO)c1-c1ccccc1. The van der Waals surface area contributed by atoms with Gasteiger partial charge in [0.05, 0.1) is 35.9 Å². The average molecular weight is 389 g/mol. The molecule has 2 N–H and O–H groups in total. The second kappa shape index (κ2) is 9.55. The number of nitrogens with zero attached hydrogens (tertiary/aromatic N) is 5. The summed E-state index contributed by atoms with van der Waals surface area (Å²) < 4.78 is 7.39. The molecular formula is C21H19N5O3. The van der Waals surface area contributed by atoms with Crippen molar-refractivity contribution < 1.29 is 14.9 Å². The van der Waals surface area contributed by atoms with Gasteiger partial charge in [0.15, 0.2) is 0 Å². The molecule has 1 heterocycles. The van der Waals surface area contributed by atoms with Crippen molar-refractivity contribution in [3.05, 3.63) is 76.7 Å². The molecule has 1 aromatic heterocycles. The van der Waals surface area contributed by atoms with Gasteiger partial charge in [0, 0.05) is 4.91 Å². The van der Waals surface area contributed by atoms with Crippen LogP contribution in [0, 0.1) is 11.3 Å². The van der Waals surface area contributed by atoms with Crippen LogP contribution in [0.4, 0.5) is 5.69 Å². The third-order valence-electron chi connectivity index (χ3n) is 4.44. The van der Waals surface area contributed by atoms with E-state index in [0.29, 0.717) is 11.4 Å². The van der Waals surface area contributed by atoms with E-state index < -0.39 is 6.10 Å². The number of aromatic nitrogens is 1. The molecule has 0 aliphatic carbocycles. The van der Waals surface area contributed by atoms with Crippen LogP contribution >= 0.6 is 0 Å². The molecule has 8 heteroatoms. The van der Waals surface area contributed by atoms with Gasteiger partial charge in [-0.05, 0) is 16.7 Å². The molecule has 8 nitrogen and oxygen atoms in total. The van der Waals surface area contributed by atoms with E-state index in [9.17, 15) is 15.5 Å². The summed E-state index contributed by atoms with van der Waals surface area (Å²) in [7, 11) is 0. The zero-order valence-corrected chi connectivity index (χ0v) is 15.5. The number of rotatable bonds is 8. The van der Waals surface area contributed by atoms with Gasteiger partial charge >= 0.3 is 0 Å². The molecule has 3 rings (SSSR count). The molecule has 0 amide bonds. The van der Waals surface area contributed by atoms with Gasteiger partial charge < -0.3 is 19.5 Å². The first-order valence-corrected chi connectivity index (χ1v) is 8.91. The van der Waals surface area contributed by atoms with Crippen LogP contribution in [0.5, 0.6) is 0 Å². The maximum Gasteiger partial charge on any atom is 0.124 e. The van der Waals surface area contributed by atoms with Crippen LogP contribution in [-0.4, -0.2) is 34.1 Å². The third-order valence-corrected chi connectivity index (χ3v) is 4.44. The van der Waals surface area contributed by atoms with Gasteiger partial charge in [0.2, 0.25) is 0 Å². The summed E-state index contributed by atoms with van der Waals surface area (Å²) in [5.41, 5.74) is 12.1. The molecule has 0 radical (unpaired) electrons. The Morgan fingerprint density at radius 2 is 1.55 bits per heavy atom. The number of ether oxygens (including phenoxy) is 1. The predicted octanol–water partition coefficient (Wildman–Crippen LogP) is 3.96. The van der Waals surface area contributed by atoms with Crippen molar-refractivity contribution in [2.75, 3.05) is 13.2 Å². The van der Waals surface area contributed by atoms with Gasteiger partial charge in [-0.2, -0.15) is 5.26 Å². The molecule has 0 saturated heterocycles. The van der Waals surface area contributed by atoms with Gasteiger partial charge in [-0.25, -0.2) is 0 Å². The number of aliphatic hydroxyl groups is 2. The van der Waals surface area contributed by atoms with Crippen LogP contribution in [0.2, 0.25) is 0 Å². The van der Waals surface area contributed by atoms with E-state index in [1.54, 1.807) is 4.57 Å². The average Bonchev–Trinajstić information content (AvgIpc) is 3.09. The lowest BCUT2D eigenvalue weighted by molar-refractivity contribution is -0.0488. The Morgan fingerprint density at radius 3 is 2.03 bits per heavy atom. The monoisotopic (exact) mass is 389 g/mol. The highest BCUT2D eigenvalue weighted by atomic mass is 16.5. The zero-order chi connectivity index (χ0) is 20.6. The first kappa shape index (κ1) is 20.1. The molecule has 0 fully saturated rings. The van der Waals surface area contributed by atoms with E-state index in [-0.39, 0.29) is 31.2 Å². The molecule has 146 valence electrons. The summed E-state index contributed by atoms with van der Waals surface area (Å²) in [6, 6.07) is 20.6. The summed E-state index contributed by atoms with van der Waals surface area (Å²) in [4.78, 5) is 2.92. The summed E-state index contributed by atoms with van der Waals surface area (Å²) >= 11 is 0. The summed E-state index contributed by atoms with van der Waals surface area (Å²) in [5, 5.41) is 32.4. The van der Waals surface area contributed by atoms with Crippen molar-refractivity contribution in [1.82, 2.24) is 4.57 Å². The Kier molecular flexibility index (Phi) is 6.63. The molecule has 0 bridgehead atoms. The highest BCUT2D eigenvalue weighted by molar-refractivity contribution is 5.87. The van der Waals surface area contributed by atoms with Gasteiger partial charge in [-0.15, -0.1) is 0 Å². The predicted molar refractivity (Wildman–Crippen MR) is 108 cm³/mol. The number of hydrogen-bond donors (Lipinski definition) is 2. The fourth-order valence-electron chi connectivity index (χ4n) is 3.11. The van der Waals surface area contributed by atoms with Gasteiger partial charge in [0.25, 0.3) is 0 Å². The van der Waals surface area contributed by atoms with Crippen molar-refractivity contribution in [3.8, 4) is 28.6 Å². The standard InChI is InChI=1S/C21H19N5O3/c22-11-18-19(24-25-23)21(16-9-5-2-6-10-16)26(14-29-17(12-27)13-28)20(18)15-7-3-1-4-8-15/h1-10,17,27-28H,12-14H2. The quantitative estimate of drug-likeness (QED) is 0.343. The number of azide groups is 1. The van der Waals surface area contributed by atoms with Crippen LogP contribution < -0.4 is 0 Å². The third kappa shape index (κ3) is 4.14. The van der Waals surface area contributed by atoms with Gasteiger partial charge in [0.1, 0.15) is 18.9 Å². The molecular weight excluding hydrogens is 370 g/mol. The van der Waals surface area contributed by atoms with E-state index in [4.69, 9.17) is 10.3 Å². The van der Waals surface area contributed by atoms with E-state index >= 15 is 0 Å². The lowest BCUT2D eigenvalue weighted by atomic mass is 10.1. The van der Waals surface area contributed by atoms with E-state index in [2.05, 4.69) is 16.1 Å². The van der Waals surface area contributed by atoms with Gasteiger partial charge in [-0.1, -0.05) is 65.8 Å². The lowest BCUT2D eigenvalue weighted by Gasteiger charge is -2.18. The number of hydrogen-bond acceptors (Lipinski definition) is 5. The summed E-state index contributed by atoms with van der Waals surface area (Å²) in [5.74, 6) is 0. The fraction of sp³-hybridized carbons (Fsp3) is 0.190. The fourth-order valence-corrected chi connectivity index (χ4v) is 3.11. The minimum Gasteiger partial charge on any atom is -0.394 e. The van der Waals surface area contributed by atoms with Gasteiger partial charge in [-0.3, -0.25) is 0 Å². The Labute approximate surface area is 167 Å². The molecule has 0 saturated carbocycles. The molecule has 0 aliphatic rings. The minimum atomic E-state index is -0.780. The Balaban J connectivity index is 2.31. The zero-order valence-electron chi connectivity index (χ0n) is 15.5. The van der Waals surface area contributed by atoms with Crippen molar-refractivity contribution in [3.63, 3.8) is 0 Å². The van der Waals surface area contributed by atoms with Crippen molar-refractivity contribution in [1.29, 1.82) is 5.26 Å². The van der Waals surface area contributed by atoms with Crippen molar-refractivity contribution >= 4 is 5.69 Å². The topological polar surface area (TPSA) is 127 Å². The summed E-state index contributed by atoms with van der Waals surface area (Å²) in [6.07, 6.45) is -0.780. The molecule has 0 atom stereocenters. The minimum absolute atomic E-state index is 0.0597. The largest absolute Gasteiger partial charge is 0.394 e. The maximum atomic E-state index is 9.87. The first-order chi connectivity index (χ1) is 14.2. The first-order valence-electron chi connectivity index (χ1n) is 8.91. The van der Waals surface area contributed by atoms with Crippen molar-refractivity contribution in [2.45, 2.75) is 12.8 Å². The van der Waals surface area contributed by atoms with E-state index in [1.807, 2.05) is 60.7 Å². The number of benzene rings is 2. The molecule has 0 spiro atoms. The lowest BCUT2D eigenvalue weighted by Crippen LogP contribution is -2.23. The van der Waals surface area contributed by atoms with E-state index in [0.717, 1.165) is 11.1 Å². The van der Waals surface area contributed by atoms with Crippen LogP contribution in [0.1, 0.15) is 5.56 Å². The van der Waals surface area contributed by atoms with E-state index in [1.165, 1.54) is 0 Å². The highest BCUT2D eigenvalue weighted by Gasteiger charge is 2.25. The maximum absolute atomic E-state index is 9.87. The smallest absolute Gasteiger partial charge is 0.124 e. The second-order valence-corrected chi connectivity index (χ2v) is 6.17. The molecule has 0 aliphatic heterocycles. The molecule has 3 aromatic rings. The van der Waals surface area contributed by atoms with Crippen LogP contribution in [0.3, 0.4) is 0 Å². The Hall–Kier alpha value is -3.60. The second-order valence-electron chi connectivity index (χ2n) is 6.17. The number of aliphatic hydroxyl groups excluding tert-OH is 2. The summed E-state index contributed by atoms with van der Waals surface area (Å²) in [6.45, 7) is -0.767. The highest BCUT2D eigenvalue weighted by Crippen LogP contribution is 2.42. The number of nitriles is 1. The molecule has 29 heavy (non-hydrogen) atoms. The normalized spacial score (nSPS) is 10.6. The Morgan fingerprint density at radius 1 is 1.00 bits per heavy atom. The van der Waals surface area contributed by atoms with Crippen molar-refractivity contribution in [2.24, 2.45) is 5.11 Å². The van der Waals surface area contributed by atoms with Crippen LogP contribution in [-0.2, 0) is 11.5 Å². The van der Waals surface area contributed by atoms with Crippen LogP contribution in [0.25, 0.3) is 33.0 Å². The molecule has 2 aromatic carbocycles. The molecule has 0 unspecified atom stereocenters.